The minimum absolute atomic E-state index is 0.182. The lowest BCUT2D eigenvalue weighted by molar-refractivity contribution is -0.119. The molecule has 0 bridgehead atoms. The molecule has 1 amide bonds. The molecular formula is C22H20N4O4S. The fourth-order valence-corrected chi connectivity index (χ4v) is 3.75. The molecule has 2 heterocycles. The molecule has 0 fully saturated rings. The average Bonchev–Trinajstić information content (AvgIpc) is 3.31. The van der Waals surface area contributed by atoms with Crippen LogP contribution in [0.15, 0.2) is 53.3 Å². The third-order valence-electron chi connectivity index (χ3n) is 4.33. The van der Waals surface area contributed by atoms with Gasteiger partial charge in [-0.05, 0) is 54.5 Å². The molecule has 0 aliphatic rings. The maximum atomic E-state index is 12.7. The quantitative estimate of drug-likeness (QED) is 0.453. The first-order chi connectivity index (χ1) is 15.0. The minimum Gasteiger partial charge on any atom is -0.494 e. The lowest BCUT2D eigenvalue weighted by atomic mass is 10.2. The van der Waals surface area contributed by atoms with Crippen molar-refractivity contribution in [3.8, 4) is 22.9 Å². The van der Waals surface area contributed by atoms with Gasteiger partial charge in [0.1, 0.15) is 11.5 Å². The van der Waals surface area contributed by atoms with Gasteiger partial charge < -0.3 is 15.2 Å². The summed E-state index contributed by atoms with van der Waals surface area (Å²) in [6.45, 7) is 2.54. The average molecular weight is 436 g/mol. The largest absolute Gasteiger partial charge is 0.494 e. The van der Waals surface area contributed by atoms with E-state index in [-0.39, 0.29) is 12.2 Å². The van der Waals surface area contributed by atoms with E-state index in [9.17, 15) is 9.59 Å². The number of nitrogens with zero attached hydrogens (tertiary/aromatic N) is 3. The first-order valence-corrected chi connectivity index (χ1v) is 10.5. The molecule has 0 unspecified atom stereocenters. The van der Waals surface area contributed by atoms with Gasteiger partial charge in [-0.3, -0.25) is 9.59 Å². The molecule has 0 radical (unpaired) electrons. The number of aromatic nitrogens is 3. The van der Waals surface area contributed by atoms with Gasteiger partial charge in [-0.15, -0.1) is 5.10 Å². The number of thiazole rings is 1. The molecule has 2 N–H and O–H groups in total. The van der Waals surface area contributed by atoms with Crippen molar-refractivity contribution in [2.24, 2.45) is 5.73 Å². The normalized spacial score (nSPS) is 11.7. The van der Waals surface area contributed by atoms with Crippen molar-refractivity contribution >= 4 is 28.3 Å². The number of fused-ring (bicyclic) bond motifs is 1. The second-order valence-electron chi connectivity index (χ2n) is 6.74. The summed E-state index contributed by atoms with van der Waals surface area (Å²) in [6, 6.07) is 14.5. The van der Waals surface area contributed by atoms with Crippen LogP contribution in [0.1, 0.15) is 18.9 Å². The molecule has 31 heavy (non-hydrogen) atoms. The number of benzene rings is 2. The predicted molar refractivity (Wildman–Crippen MR) is 118 cm³/mol. The number of carbonyl (C=O) groups excluding carboxylic acids is 1. The van der Waals surface area contributed by atoms with Crippen LogP contribution in [0.2, 0.25) is 0 Å². The Bertz CT molecular complexity index is 1310. The molecule has 2 aromatic carbocycles. The highest BCUT2D eigenvalue weighted by Gasteiger charge is 2.12. The van der Waals surface area contributed by atoms with Gasteiger partial charge in [0.15, 0.2) is 12.4 Å². The Morgan fingerprint density at radius 3 is 2.42 bits per heavy atom. The van der Waals surface area contributed by atoms with Crippen molar-refractivity contribution in [1.82, 2.24) is 14.6 Å². The highest BCUT2D eigenvalue weighted by atomic mass is 32.1. The molecule has 0 atom stereocenters. The number of primary amides is 1. The van der Waals surface area contributed by atoms with Crippen LogP contribution in [-0.4, -0.2) is 33.7 Å². The van der Waals surface area contributed by atoms with E-state index in [4.69, 9.17) is 15.2 Å². The molecule has 9 heteroatoms. The van der Waals surface area contributed by atoms with Gasteiger partial charge in [0.05, 0.1) is 11.1 Å². The number of nitrogens with two attached hydrogens (primary N) is 1. The van der Waals surface area contributed by atoms with E-state index >= 15 is 0 Å². The maximum Gasteiger partial charge on any atom is 0.291 e. The minimum atomic E-state index is -0.541. The maximum absolute atomic E-state index is 12.7. The van der Waals surface area contributed by atoms with Crippen molar-refractivity contribution in [2.75, 3.05) is 13.2 Å². The van der Waals surface area contributed by atoms with Crippen molar-refractivity contribution in [3.63, 3.8) is 0 Å². The van der Waals surface area contributed by atoms with Crippen LogP contribution in [0.25, 0.3) is 22.4 Å². The second-order valence-corrected chi connectivity index (χ2v) is 7.75. The van der Waals surface area contributed by atoms with E-state index < -0.39 is 5.91 Å². The van der Waals surface area contributed by atoms with Gasteiger partial charge in [-0.25, -0.2) is 0 Å². The van der Waals surface area contributed by atoms with E-state index in [0.29, 0.717) is 27.7 Å². The summed E-state index contributed by atoms with van der Waals surface area (Å²) in [7, 11) is 0. The monoisotopic (exact) mass is 436 g/mol. The van der Waals surface area contributed by atoms with Gasteiger partial charge in [0.2, 0.25) is 4.96 Å². The van der Waals surface area contributed by atoms with E-state index in [1.165, 1.54) is 15.9 Å². The molecule has 0 saturated heterocycles. The molecular weight excluding hydrogens is 416 g/mol. The number of carbonyl (C=O) groups is 1. The van der Waals surface area contributed by atoms with E-state index in [1.807, 2.05) is 24.3 Å². The van der Waals surface area contributed by atoms with Crippen LogP contribution >= 0.6 is 11.3 Å². The molecule has 0 saturated carbocycles. The van der Waals surface area contributed by atoms with Crippen LogP contribution in [0.4, 0.5) is 0 Å². The molecule has 8 nitrogen and oxygen atoms in total. The number of ether oxygens (including phenoxy) is 2. The van der Waals surface area contributed by atoms with Crippen LogP contribution in [0, 0.1) is 0 Å². The van der Waals surface area contributed by atoms with Crippen molar-refractivity contribution in [2.45, 2.75) is 13.3 Å². The first kappa shape index (κ1) is 20.5. The smallest absolute Gasteiger partial charge is 0.291 e. The van der Waals surface area contributed by atoms with E-state index in [0.717, 1.165) is 23.3 Å². The molecule has 2 aromatic heterocycles. The summed E-state index contributed by atoms with van der Waals surface area (Å²) in [6.07, 6.45) is 2.71. The van der Waals surface area contributed by atoms with Crippen LogP contribution in [0.5, 0.6) is 11.5 Å². The number of rotatable bonds is 8. The molecule has 0 spiro atoms. The standard InChI is InChI=1S/C22H20N4O4S/c1-2-11-29-16-9-5-15(6-10-16)20-24-22-26(25-20)21(28)18(31-22)12-14-3-7-17(8-4-14)30-13-19(23)27/h3-10,12H,2,11,13H2,1H3,(H2,23,27)/b18-12-. The topological polar surface area (TPSA) is 109 Å². The Balaban J connectivity index is 1.56. The van der Waals surface area contributed by atoms with Crippen LogP contribution in [-0.2, 0) is 4.79 Å². The zero-order chi connectivity index (χ0) is 21.8. The SMILES string of the molecule is CCCOc1ccc(-c2nc3s/c(=C\c4ccc(OCC(N)=O)cc4)c(=O)n3n2)cc1. The zero-order valence-corrected chi connectivity index (χ0v) is 17.6. The van der Waals surface area contributed by atoms with Crippen molar-refractivity contribution in [1.29, 1.82) is 0 Å². The zero-order valence-electron chi connectivity index (χ0n) is 16.8. The Hall–Kier alpha value is -3.72. The summed E-state index contributed by atoms with van der Waals surface area (Å²) in [5, 5.41) is 4.37. The first-order valence-electron chi connectivity index (χ1n) is 9.69. The highest BCUT2D eigenvalue weighted by molar-refractivity contribution is 7.15. The van der Waals surface area contributed by atoms with Gasteiger partial charge in [0.25, 0.3) is 11.5 Å². The summed E-state index contributed by atoms with van der Waals surface area (Å²) in [4.78, 5) is 28.5. The van der Waals surface area contributed by atoms with Crippen LogP contribution in [0.3, 0.4) is 0 Å². The van der Waals surface area contributed by atoms with Crippen molar-refractivity contribution in [3.05, 3.63) is 69.0 Å². The third-order valence-corrected chi connectivity index (χ3v) is 5.29. The van der Waals surface area contributed by atoms with Gasteiger partial charge in [0, 0.05) is 5.56 Å². The fourth-order valence-electron chi connectivity index (χ4n) is 2.84. The lowest BCUT2D eigenvalue weighted by Crippen LogP contribution is -2.23. The van der Waals surface area contributed by atoms with Crippen molar-refractivity contribution < 1.29 is 14.3 Å². The summed E-state index contributed by atoms with van der Waals surface area (Å²) in [5.41, 5.74) is 6.47. The highest BCUT2D eigenvalue weighted by Crippen LogP contribution is 2.20. The summed E-state index contributed by atoms with van der Waals surface area (Å²) < 4.78 is 12.7. The Morgan fingerprint density at radius 2 is 1.77 bits per heavy atom. The number of amides is 1. The fraction of sp³-hybridized carbons (Fsp3) is 0.182. The summed E-state index contributed by atoms with van der Waals surface area (Å²) in [5.74, 6) is 1.27. The van der Waals surface area contributed by atoms with E-state index in [2.05, 4.69) is 17.0 Å². The van der Waals surface area contributed by atoms with E-state index in [1.54, 1.807) is 30.3 Å². The number of hydrogen-bond acceptors (Lipinski definition) is 7. The van der Waals surface area contributed by atoms with Crippen LogP contribution < -0.4 is 25.3 Å². The number of hydrogen-bond donors (Lipinski definition) is 1. The molecule has 4 rings (SSSR count). The third kappa shape index (κ3) is 4.72. The molecule has 0 aliphatic carbocycles. The lowest BCUT2D eigenvalue weighted by Gasteiger charge is -2.04. The van der Waals surface area contributed by atoms with Gasteiger partial charge in [-0.1, -0.05) is 30.4 Å². The second kappa shape index (κ2) is 8.97. The molecule has 0 aliphatic heterocycles. The van der Waals surface area contributed by atoms with Gasteiger partial charge >= 0.3 is 0 Å². The molecule has 4 aromatic rings. The Kier molecular flexibility index (Phi) is 5.94. The predicted octanol–water partition coefficient (Wildman–Crippen LogP) is 2.02. The Morgan fingerprint density at radius 1 is 1.10 bits per heavy atom. The van der Waals surface area contributed by atoms with Gasteiger partial charge in [-0.2, -0.15) is 9.50 Å². The Labute approximate surface area is 181 Å². The molecule has 158 valence electrons. The summed E-state index contributed by atoms with van der Waals surface area (Å²) >= 11 is 1.27.